The summed E-state index contributed by atoms with van der Waals surface area (Å²) in [6.07, 6.45) is 1.65. The van der Waals surface area contributed by atoms with Crippen LogP contribution in [0.2, 0.25) is 0 Å². The molecule has 2 N–H and O–H groups in total. The van der Waals surface area contributed by atoms with Crippen molar-refractivity contribution in [2.45, 2.75) is 13.8 Å². The minimum absolute atomic E-state index is 0.204. The third-order valence-corrected chi connectivity index (χ3v) is 3.72. The molecule has 1 aromatic carbocycles. The second-order valence-electron chi connectivity index (χ2n) is 5.22. The van der Waals surface area contributed by atoms with Crippen LogP contribution in [0.3, 0.4) is 0 Å². The van der Waals surface area contributed by atoms with Crippen LogP contribution in [-0.4, -0.2) is 30.9 Å². The first-order valence-corrected chi connectivity index (χ1v) is 7.88. The van der Waals surface area contributed by atoms with Crippen molar-refractivity contribution in [3.05, 3.63) is 36.5 Å². The molecule has 2 heterocycles. The summed E-state index contributed by atoms with van der Waals surface area (Å²) in [6, 6.07) is 8.63. The van der Waals surface area contributed by atoms with Crippen molar-refractivity contribution in [1.82, 2.24) is 4.98 Å². The predicted octanol–water partition coefficient (Wildman–Crippen LogP) is 3.30. The molecule has 0 saturated heterocycles. The maximum absolute atomic E-state index is 12.1. The Balaban J connectivity index is 1.60. The number of fused-ring (bicyclic) bond motifs is 1. The van der Waals surface area contributed by atoms with Crippen LogP contribution in [0, 0.1) is 0 Å². The molecular formula is C17H20N4O3. The maximum Gasteiger partial charge on any atom is 0.323 e. The van der Waals surface area contributed by atoms with Crippen LogP contribution in [0.25, 0.3) is 0 Å². The van der Waals surface area contributed by atoms with E-state index in [4.69, 9.17) is 9.47 Å². The number of ether oxygens (including phenoxy) is 2. The summed E-state index contributed by atoms with van der Waals surface area (Å²) in [5.74, 6) is 2.19. The zero-order chi connectivity index (χ0) is 16.9. The minimum atomic E-state index is -0.341. The minimum Gasteiger partial charge on any atom is -0.454 e. The molecule has 24 heavy (non-hydrogen) atoms. The van der Waals surface area contributed by atoms with Crippen LogP contribution in [0.4, 0.5) is 22.0 Å². The average molecular weight is 328 g/mol. The van der Waals surface area contributed by atoms with Gasteiger partial charge in [0.1, 0.15) is 5.82 Å². The SMILES string of the molecule is CCN(CC)c1ccc(NC(=O)Nc2ccc3c(c2)OCO3)cn1. The van der Waals surface area contributed by atoms with Gasteiger partial charge in [-0.15, -0.1) is 0 Å². The van der Waals surface area contributed by atoms with Crippen LogP contribution in [0.15, 0.2) is 36.5 Å². The second kappa shape index (κ2) is 7.08. The van der Waals surface area contributed by atoms with E-state index in [1.54, 1.807) is 24.4 Å². The van der Waals surface area contributed by atoms with E-state index in [9.17, 15) is 4.79 Å². The number of carbonyl (C=O) groups is 1. The molecule has 0 unspecified atom stereocenters. The maximum atomic E-state index is 12.1. The molecule has 1 aliphatic heterocycles. The summed E-state index contributed by atoms with van der Waals surface area (Å²) < 4.78 is 10.5. The van der Waals surface area contributed by atoms with Gasteiger partial charge in [0.2, 0.25) is 6.79 Å². The molecule has 0 aliphatic carbocycles. The first kappa shape index (κ1) is 15.9. The number of pyridine rings is 1. The lowest BCUT2D eigenvalue weighted by Gasteiger charge is -2.19. The normalized spacial score (nSPS) is 11.9. The Hall–Kier alpha value is -2.96. The van der Waals surface area contributed by atoms with E-state index in [0.29, 0.717) is 22.9 Å². The van der Waals surface area contributed by atoms with Gasteiger partial charge in [0.05, 0.1) is 11.9 Å². The Morgan fingerprint density at radius 1 is 1.08 bits per heavy atom. The van der Waals surface area contributed by atoms with Gasteiger partial charge in [-0.1, -0.05) is 0 Å². The van der Waals surface area contributed by atoms with Gasteiger partial charge < -0.3 is 25.0 Å². The van der Waals surface area contributed by atoms with Crippen molar-refractivity contribution < 1.29 is 14.3 Å². The number of benzene rings is 1. The van der Waals surface area contributed by atoms with Crippen LogP contribution in [0.5, 0.6) is 11.5 Å². The van der Waals surface area contributed by atoms with Gasteiger partial charge in [-0.05, 0) is 38.1 Å². The number of amides is 2. The van der Waals surface area contributed by atoms with Gasteiger partial charge in [0.15, 0.2) is 11.5 Å². The molecule has 7 heteroatoms. The van der Waals surface area contributed by atoms with Crippen molar-refractivity contribution in [2.24, 2.45) is 0 Å². The molecule has 0 bridgehead atoms. The molecule has 2 aromatic rings. The topological polar surface area (TPSA) is 75.7 Å². The van der Waals surface area contributed by atoms with E-state index in [-0.39, 0.29) is 12.8 Å². The largest absolute Gasteiger partial charge is 0.454 e. The monoisotopic (exact) mass is 328 g/mol. The average Bonchev–Trinajstić information content (AvgIpc) is 3.05. The third kappa shape index (κ3) is 3.51. The Labute approximate surface area is 140 Å². The van der Waals surface area contributed by atoms with Gasteiger partial charge in [-0.2, -0.15) is 0 Å². The number of anilines is 3. The molecule has 0 fully saturated rings. The van der Waals surface area contributed by atoms with E-state index in [1.165, 1.54) is 0 Å². The highest BCUT2D eigenvalue weighted by molar-refractivity contribution is 5.99. The highest BCUT2D eigenvalue weighted by Crippen LogP contribution is 2.34. The van der Waals surface area contributed by atoms with E-state index < -0.39 is 0 Å². The number of aromatic nitrogens is 1. The number of hydrogen-bond donors (Lipinski definition) is 2. The highest BCUT2D eigenvalue weighted by Gasteiger charge is 2.14. The number of carbonyl (C=O) groups excluding carboxylic acids is 1. The first-order chi connectivity index (χ1) is 11.7. The van der Waals surface area contributed by atoms with Crippen molar-refractivity contribution in [3.8, 4) is 11.5 Å². The lowest BCUT2D eigenvalue weighted by Crippen LogP contribution is -2.23. The summed E-state index contributed by atoms with van der Waals surface area (Å²) in [4.78, 5) is 18.6. The third-order valence-electron chi connectivity index (χ3n) is 3.72. The molecular weight excluding hydrogens is 308 g/mol. The highest BCUT2D eigenvalue weighted by atomic mass is 16.7. The Morgan fingerprint density at radius 2 is 1.79 bits per heavy atom. The van der Waals surface area contributed by atoms with Crippen molar-refractivity contribution in [2.75, 3.05) is 35.4 Å². The molecule has 0 atom stereocenters. The van der Waals surface area contributed by atoms with E-state index in [2.05, 4.69) is 34.4 Å². The molecule has 0 saturated carbocycles. The van der Waals surface area contributed by atoms with E-state index >= 15 is 0 Å². The molecule has 2 amide bonds. The summed E-state index contributed by atoms with van der Waals surface area (Å²) >= 11 is 0. The Kier molecular flexibility index (Phi) is 4.69. The fraction of sp³-hybridized carbons (Fsp3) is 0.294. The Morgan fingerprint density at radius 3 is 2.50 bits per heavy atom. The molecule has 3 rings (SSSR count). The number of nitrogens with zero attached hydrogens (tertiary/aromatic N) is 2. The summed E-state index contributed by atoms with van der Waals surface area (Å²) in [7, 11) is 0. The van der Waals surface area contributed by atoms with Crippen LogP contribution in [0.1, 0.15) is 13.8 Å². The van der Waals surface area contributed by atoms with Crippen molar-refractivity contribution >= 4 is 23.2 Å². The fourth-order valence-electron chi connectivity index (χ4n) is 2.46. The standard InChI is InChI=1S/C17H20N4O3/c1-3-21(4-2)16-8-6-13(10-18-16)20-17(22)19-12-5-7-14-15(9-12)24-11-23-14/h5-10H,3-4,11H2,1-2H3,(H2,19,20,22). The lowest BCUT2D eigenvalue weighted by molar-refractivity contribution is 0.174. The quantitative estimate of drug-likeness (QED) is 0.881. The summed E-state index contributed by atoms with van der Waals surface area (Å²) in [5.41, 5.74) is 1.26. The number of hydrogen-bond acceptors (Lipinski definition) is 5. The predicted molar refractivity (Wildman–Crippen MR) is 93.0 cm³/mol. The van der Waals surface area contributed by atoms with Crippen LogP contribution in [-0.2, 0) is 0 Å². The molecule has 126 valence electrons. The van der Waals surface area contributed by atoms with Gasteiger partial charge in [-0.3, -0.25) is 0 Å². The molecule has 1 aliphatic rings. The number of rotatable bonds is 5. The van der Waals surface area contributed by atoms with Crippen molar-refractivity contribution in [1.29, 1.82) is 0 Å². The summed E-state index contributed by atoms with van der Waals surface area (Å²) in [5, 5.41) is 5.51. The number of nitrogens with one attached hydrogen (secondary N) is 2. The van der Waals surface area contributed by atoms with Gasteiger partial charge in [0.25, 0.3) is 0 Å². The Bertz CT molecular complexity index is 714. The second-order valence-corrected chi connectivity index (χ2v) is 5.22. The van der Waals surface area contributed by atoms with Crippen LogP contribution < -0.4 is 25.0 Å². The van der Waals surface area contributed by atoms with Gasteiger partial charge in [-0.25, -0.2) is 9.78 Å². The first-order valence-electron chi connectivity index (χ1n) is 7.88. The molecule has 0 spiro atoms. The van der Waals surface area contributed by atoms with E-state index in [0.717, 1.165) is 18.9 Å². The number of urea groups is 1. The lowest BCUT2D eigenvalue weighted by atomic mass is 10.3. The molecule has 0 radical (unpaired) electrons. The molecule has 1 aromatic heterocycles. The van der Waals surface area contributed by atoms with Crippen molar-refractivity contribution in [3.63, 3.8) is 0 Å². The van der Waals surface area contributed by atoms with E-state index in [1.807, 2.05) is 12.1 Å². The summed E-state index contributed by atoms with van der Waals surface area (Å²) in [6.45, 7) is 6.14. The smallest absolute Gasteiger partial charge is 0.323 e. The zero-order valence-corrected chi connectivity index (χ0v) is 13.7. The van der Waals surface area contributed by atoms with Gasteiger partial charge in [0, 0.05) is 24.8 Å². The molecule has 7 nitrogen and oxygen atoms in total. The van der Waals surface area contributed by atoms with Gasteiger partial charge >= 0.3 is 6.03 Å². The zero-order valence-electron chi connectivity index (χ0n) is 13.7. The fourth-order valence-corrected chi connectivity index (χ4v) is 2.46. The van der Waals surface area contributed by atoms with Crippen LogP contribution >= 0.6 is 0 Å².